The molecule has 0 aromatic rings. The van der Waals surface area contributed by atoms with E-state index in [1.807, 2.05) is 6.55 Å². The smallest absolute Gasteiger partial charge is 0.327 e. The monoisotopic (exact) mass is 163 g/mol. The van der Waals surface area contributed by atoms with Gasteiger partial charge in [0.1, 0.15) is 0 Å². The number of hydrogen-bond acceptors (Lipinski definition) is 4. The molecule has 0 radical (unpaired) electrons. The largest absolute Gasteiger partial charge is 0.454 e. The molecule has 5 heteroatoms. The van der Waals surface area contributed by atoms with Gasteiger partial charge in [0, 0.05) is 20.9 Å². The molecular weight excluding hydrogens is 150 g/mol. The normalized spacial score (nSPS) is 13.2. The molecule has 0 saturated carbocycles. The van der Waals surface area contributed by atoms with Crippen LogP contribution >= 0.6 is 0 Å². The summed E-state index contributed by atoms with van der Waals surface area (Å²) < 4.78 is 14.8. The number of nitrogens with zero attached hydrogens (tertiary/aromatic N) is 1. The highest BCUT2D eigenvalue weighted by atomic mass is 28.3. The molecule has 0 rings (SSSR count). The van der Waals surface area contributed by atoms with Crippen molar-refractivity contribution in [3.05, 3.63) is 0 Å². The molecular formula is C5H13NO3Si. The molecule has 0 saturated heterocycles. The van der Waals surface area contributed by atoms with Crippen LogP contribution < -0.4 is 0 Å². The summed E-state index contributed by atoms with van der Waals surface area (Å²) in [5.74, 6) is -0.245. The van der Waals surface area contributed by atoms with Gasteiger partial charge in [-0.3, -0.25) is 0 Å². The van der Waals surface area contributed by atoms with Crippen LogP contribution in [0.4, 0.5) is 0 Å². The van der Waals surface area contributed by atoms with Gasteiger partial charge in [0.25, 0.3) is 0 Å². The Bertz CT molecular complexity index is 96.9. The van der Waals surface area contributed by atoms with Crippen LogP contribution in [0.25, 0.3) is 0 Å². The molecule has 4 nitrogen and oxygen atoms in total. The Balaban J connectivity index is 3.63. The fourth-order valence-electron chi connectivity index (χ4n) is 0.647. The molecule has 0 bridgehead atoms. The summed E-state index contributed by atoms with van der Waals surface area (Å²) in [7, 11) is 1.66. The lowest BCUT2D eigenvalue weighted by Gasteiger charge is -2.16. The Labute approximate surface area is 62.5 Å². The minimum atomic E-state index is -1.49. The van der Waals surface area contributed by atoms with Gasteiger partial charge in [-0.25, -0.2) is 0 Å². The van der Waals surface area contributed by atoms with Crippen molar-refractivity contribution in [1.82, 2.24) is 0 Å². The highest BCUT2D eigenvalue weighted by molar-refractivity contribution is 6.51. The van der Waals surface area contributed by atoms with Gasteiger partial charge < -0.3 is 14.0 Å². The van der Waals surface area contributed by atoms with Crippen molar-refractivity contribution in [2.75, 3.05) is 14.2 Å². The van der Waals surface area contributed by atoms with Crippen molar-refractivity contribution in [2.45, 2.75) is 12.5 Å². The summed E-state index contributed by atoms with van der Waals surface area (Å²) in [5.41, 5.74) is 0. The Morgan fingerprint density at radius 3 is 2.20 bits per heavy atom. The van der Waals surface area contributed by atoms with Crippen molar-refractivity contribution >= 4 is 15.8 Å². The highest BCUT2D eigenvalue weighted by Crippen LogP contribution is 1.98. The second-order valence-corrected chi connectivity index (χ2v) is 3.94. The van der Waals surface area contributed by atoms with Gasteiger partial charge in [-0.05, 0) is 6.55 Å². The van der Waals surface area contributed by atoms with Gasteiger partial charge in [0.15, 0.2) is 5.91 Å². The molecule has 1 atom stereocenters. The van der Waals surface area contributed by atoms with E-state index < -0.39 is 9.04 Å². The van der Waals surface area contributed by atoms with Crippen LogP contribution in [0.5, 0.6) is 0 Å². The van der Waals surface area contributed by atoms with Crippen molar-refractivity contribution in [1.29, 1.82) is 0 Å². The molecule has 1 unspecified atom stereocenters. The highest BCUT2D eigenvalue weighted by Gasteiger charge is 2.20. The quantitative estimate of drug-likeness (QED) is 0.250. The van der Waals surface area contributed by atoms with Gasteiger partial charge in [-0.15, -0.1) is 5.16 Å². The number of methoxy groups -OCH3 is 2. The van der Waals surface area contributed by atoms with E-state index in [4.69, 9.17) is 14.0 Å². The summed E-state index contributed by atoms with van der Waals surface area (Å²) >= 11 is 0. The van der Waals surface area contributed by atoms with E-state index in [0.29, 0.717) is 0 Å². The third-order valence-electron chi connectivity index (χ3n) is 1.09. The van der Waals surface area contributed by atoms with Crippen molar-refractivity contribution in [3.8, 4) is 0 Å². The standard InChI is InChI=1S/C5H13NO3Si/c1-6-9-10(4)5(7-2)8-3/h5,10H,1H2,2-4H3. The Kier molecular flexibility index (Phi) is 5.18. The van der Waals surface area contributed by atoms with Crippen molar-refractivity contribution in [3.63, 3.8) is 0 Å². The molecule has 0 aromatic heterocycles. The van der Waals surface area contributed by atoms with Gasteiger partial charge in [-0.2, -0.15) is 0 Å². The lowest BCUT2D eigenvalue weighted by atomic mass is 11.3. The molecule has 0 aliphatic carbocycles. The Morgan fingerprint density at radius 1 is 1.40 bits per heavy atom. The molecule has 10 heavy (non-hydrogen) atoms. The van der Waals surface area contributed by atoms with Gasteiger partial charge >= 0.3 is 9.04 Å². The van der Waals surface area contributed by atoms with Crippen LogP contribution in [-0.2, 0) is 14.0 Å². The Morgan fingerprint density at radius 2 is 1.90 bits per heavy atom. The zero-order valence-electron chi connectivity index (χ0n) is 6.53. The predicted octanol–water partition coefficient (Wildman–Crippen LogP) is 0.130. The van der Waals surface area contributed by atoms with E-state index in [1.165, 1.54) is 0 Å². The summed E-state index contributed by atoms with van der Waals surface area (Å²) in [6, 6.07) is 0. The third-order valence-corrected chi connectivity index (χ3v) is 2.88. The van der Waals surface area contributed by atoms with Crippen LogP contribution in [-0.4, -0.2) is 35.9 Å². The predicted molar refractivity (Wildman–Crippen MR) is 41.5 cm³/mol. The van der Waals surface area contributed by atoms with Gasteiger partial charge in [-0.1, -0.05) is 0 Å². The third kappa shape index (κ3) is 2.95. The molecule has 60 valence electrons. The molecule has 0 spiro atoms. The number of rotatable bonds is 5. The van der Waals surface area contributed by atoms with Crippen LogP contribution in [0.1, 0.15) is 0 Å². The van der Waals surface area contributed by atoms with E-state index >= 15 is 0 Å². The lowest BCUT2D eigenvalue weighted by molar-refractivity contribution is -0.0567. The van der Waals surface area contributed by atoms with Crippen LogP contribution in [0, 0.1) is 0 Å². The van der Waals surface area contributed by atoms with Gasteiger partial charge in [0.2, 0.25) is 0 Å². The number of hydrogen-bond donors (Lipinski definition) is 0. The second-order valence-electron chi connectivity index (χ2n) is 1.78. The Hall–Kier alpha value is -0.393. The maximum atomic E-state index is 4.94. The first-order valence-corrected chi connectivity index (χ1v) is 5.23. The summed E-state index contributed by atoms with van der Waals surface area (Å²) in [6.45, 7) is 5.13. The summed E-state index contributed by atoms with van der Waals surface area (Å²) in [6.07, 6.45) is 0. The maximum Gasteiger partial charge on any atom is 0.327 e. The minimum absolute atomic E-state index is 0.245. The first-order chi connectivity index (χ1) is 4.76. The molecule has 0 aromatic carbocycles. The molecule has 0 aliphatic rings. The van der Waals surface area contributed by atoms with Crippen LogP contribution in [0.15, 0.2) is 5.16 Å². The molecule has 0 aliphatic heterocycles. The van der Waals surface area contributed by atoms with E-state index in [9.17, 15) is 0 Å². The lowest BCUT2D eigenvalue weighted by Crippen LogP contribution is -2.32. The van der Waals surface area contributed by atoms with Gasteiger partial charge in [0.05, 0.1) is 0 Å². The number of oxime groups is 1. The van der Waals surface area contributed by atoms with Crippen LogP contribution in [0.2, 0.25) is 6.55 Å². The van der Waals surface area contributed by atoms with Crippen molar-refractivity contribution < 1.29 is 14.0 Å². The first kappa shape index (κ1) is 9.61. The summed E-state index contributed by atoms with van der Waals surface area (Å²) in [4.78, 5) is 0. The molecule has 0 heterocycles. The second kappa shape index (κ2) is 5.40. The zero-order chi connectivity index (χ0) is 7.98. The van der Waals surface area contributed by atoms with E-state index in [2.05, 4.69) is 11.9 Å². The number of ether oxygens (including phenoxy) is 2. The van der Waals surface area contributed by atoms with E-state index in [-0.39, 0.29) is 5.91 Å². The van der Waals surface area contributed by atoms with E-state index in [0.717, 1.165) is 0 Å². The minimum Gasteiger partial charge on any atom is -0.454 e. The average Bonchev–Trinajstić information content (AvgIpc) is 1.91. The molecule has 0 fully saturated rings. The van der Waals surface area contributed by atoms with Crippen LogP contribution in [0.3, 0.4) is 0 Å². The average molecular weight is 163 g/mol. The topological polar surface area (TPSA) is 40.0 Å². The fraction of sp³-hybridized carbons (Fsp3) is 0.800. The maximum absolute atomic E-state index is 4.94. The zero-order valence-corrected chi connectivity index (χ0v) is 7.69. The van der Waals surface area contributed by atoms with Crippen molar-refractivity contribution in [2.24, 2.45) is 5.16 Å². The summed E-state index contributed by atoms with van der Waals surface area (Å²) in [5, 5.41) is 3.30. The first-order valence-electron chi connectivity index (χ1n) is 2.93. The molecule has 0 amide bonds. The fourth-order valence-corrected chi connectivity index (χ4v) is 1.75. The van der Waals surface area contributed by atoms with E-state index in [1.54, 1.807) is 14.2 Å². The SMILES string of the molecule is C=NO[SiH](C)C(OC)OC. The molecule has 0 N–H and O–H groups in total.